The molecule has 0 aliphatic heterocycles. The molecule has 2 aromatic rings. The van der Waals surface area contributed by atoms with Crippen molar-refractivity contribution in [2.75, 3.05) is 5.94 Å². The molecule has 0 bridgehead atoms. The summed E-state index contributed by atoms with van der Waals surface area (Å²) in [6, 6.07) is 8.11. The Morgan fingerprint density at radius 1 is 1.39 bits per heavy atom. The lowest BCUT2D eigenvalue weighted by molar-refractivity contribution is 0.388. The summed E-state index contributed by atoms with van der Waals surface area (Å²) in [4.78, 5) is 3.26. The Labute approximate surface area is 116 Å². The van der Waals surface area contributed by atoms with E-state index in [4.69, 9.17) is 21.4 Å². The smallest absolute Gasteiger partial charge is 0.266 e. The van der Waals surface area contributed by atoms with Gasteiger partial charge in [0.1, 0.15) is 17.4 Å². The van der Waals surface area contributed by atoms with Crippen molar-refractivity contribution in [3.63, 3.8) is 0 Å². The number of benzene rings is 1. The lowest BCUT2D eigenvalue weighted by Crippen LogP contribution is -1.96. The average Bonchev–Trinajstić information content (AvgIpc) is 2.81. The number of thioether (sulfide) groups is 1. The summed E-state index contributed by atoms with van der Waals surface area (Å²) in [6.07, 6.45) is 2.77. The van der Waals surface area contributed by atoms with E-state index < -0.39 is 0 Å². The second-order valence-corrected chi connectivity index (χ2v) is 5.02. The van der Waals surface area contributed by atoms with Crippen molar-refractivity contribution < 1.29 is 9.15 Å². The van der Waals surface area contributed by atoms with Crippen molar-refractivity contribution in [3.05, 3.63) is 46.6 Å². The lowest BCUT2D eigenvalue weighted by atomic mass is 10.1. The van der Waals surface area contributed by atoms with Gasteiger partial charge in [0.05, 0.1) is 5.75 Å². The van der Waals surface area contributed by atoms with Crippen LogP contribution in [0.15, 0.2) is 34.9 Å². The fourth-order valence-corrected chi connectivity index (χ4v) is 2.38. The number of aromatic nitrogens is 1. The lowest BCUT2D eigenvalue weighted by Gasteiger charge is -2.09. The first-order valence-corrected chi connectivity index (χ1v) is 7.31. The molecule has 0 aliphatic carbocycles. The van der Waals surface area contributed by atoms with Crippen molar-refractivity contribution in [1.29, 1.82) is 0 Å². The molecule has 96 valence electrons. The Hall–Kier alpha value is -1.20. The number of oxazole rings is 1. The summed E-state index contributed by atoms with van der Waals surface area (Å²) in [5.41, 5.74) is 1.23. The molecule has 5 heteroatoms. The van der Waals surface area contributed by atoms with Crippen molar-refractivity contribution >= 4 is 24.0 Å². The average molecular weight is 281 g/mol. The minimum Gasteiger partial charge on any atom is -0.483 e. The van der Waals surface area contributed by atoms with Crippen molar-refractivity contribution in [3.8, 4) is 5.75 Å². The van der Waals surface area contributed by atoms with Crippen LogP contribution in [0.1, 0.15) is 18.2 Å². The number of H-pyrrole nitrogens is 1. The van der Waals surface area contributed by atoms with Crippen molar-refractivity contribution in [2.45, 2.75) is 19.1 Å². The van der Waals surface area contributed by atoms with Gasteiger partial charge in [-0.15, -0.1) is 11.8 Å². The zero-order valence-electron chi connectivity index (χ0n) is 10.1. The molecule has 1 heterocycles. The third-order valence-corrected chi connectivity index (χ3v) is 3.44. The number of aromatic amines is 1. The van der Waals surface area contributed by atoms with Gasteiger partial charge >= 0.3 is 0 Å². The zero-order valence-corrected chi connectivity index (χ0v) is 11.8. The number of rotatable bonds is 6. The van der Waals surface area contributed by atoms with E-state index in [0.717, 1.165) is 23.7 Å². The van der Waals surface area contributed by atoms with Crippen molar-refractivity contribution in [2.24, 2.45) is 0 Å². The first-order valence-electron chi connectivity index (χ1n) is 5.75. The predicted molar refractivity (Wildman–Crippen MR) is 76.5 cm³/mol. The number of hydrogen-bond donors (Lipinski definition) is 1. The molecule has 0 amide bonds. The molecule has 0 unspecified atom stereocenters. The summed E-state index contributed by atoms with van der Waals surface area (Å²) in [5, 5.41) is 0. The number of nitrogens with one attached hydrogen (secondary N) is 1. The zero-order chi connectivity index (χ0) is 12.8. The first-order chi connectivity index (χ1) is 8.79. The second-order valence-electron chi connectivity index (χ2n) is 3.72. The Morgan fingerprint density at radius 3 is 2.94 bits per heavy atom. The molecule has 1 aromatic carbocycles. The molecule has 0 atom stereocenters. The van der Waals surface area contributed by atoms with Gasteiger partial charge in [0.2, 0.25) is 0 Å². The van der Waals surface area contributed by atoms with Gasteiger partial charge in [-0.2, -0.15) is 0 Å². The molecular weight excluding hydrogens is 266 g/mol. The van der Waals surface area contributed by atoms with E-state index in [2.05, 4.69) is 18.0 Å². The highest BCUT2D eigenvalue weighted by Crippen LogP contribution is 2.20. The van der Waals surface area contributed by atoms with Gasteiger partial charge in [-0.25, -0.2) is 0 Å². The van der Waals surface area contributed by atoms with Crippen LogP contribution in [-0.2, 0) is 12.2 Å². The second kappa shape index (κ2) is 6.66. The third kappa shape index (κ3) is 3.65. The maximum absolute atomic E-state index is 5.74. The Kier molecular flexibility index (Phi) is 4.90. The van der Waals surface area contributed by atoms with E-state index in [-0.39, 0.29) is 0 Å². The Balaban J connectivity index is 1.80. The largest absolute Gasteiger partial charge is 0.483 e. The molecule has 3 nitrogen and oxygen atoms in total. The minimum absolute atomic E-state index is 0.419. The highest BCUT2D eigenvalue weighted by molar-refractivity contribution is 7.98. The van der Waals surface area contributed by atoms with Crippen LogP contribution in [-0.4, -0.2) is 10.9 Å². The van der Waals surface area contributed by atoms with Crippen molar-refractivity contribution in [1.82, 2.24) is 4.98 Å². The molecular formula is C13H15NO2S2. The van der Waals surface area contributed by atoms with Crippen LogP contribution in [0.4, 0.5) is 0 Å². The van der Waals surface area contributed by atoms with E-state index in [1.807, 2.05) is 18.2 Å². The topological polar surface area (TPSA) is 38.2 Å². The molecule has 18 heavy (non-hydrogen) atoms. The third-order valence-electron chi connectivity index (χ3n) is 2.47. The molecule has 0 aliphatic rings. The highest BCUT2D eigenvalue weighted by atomic mass is 32.2. The standard InChI is InChI=1S/C13H15NO2S2/c1-2-10-5-3-4-6-12(10)15-9-18-8-11-7-14-13(17)16-11/h3-7H,2,8-9H2,1H3,(H,14,17). The molecule has 0 fully saturated rings. The minimum atomic E-state index is 0.419. The summed E-state index contributed by atoms with van der Waals surface area (Å²) in [7, 11) is 0. The Morgan fingerprint density at radius 2 is 2.22 bits per heavy atom. The molecule has 2 rings (SSSR count). The normalized spacial score (nSPS) is 10.5. The summed E-state index contributed by atoms with van der Waals surface area (Å²) in [5.74, 6) is 3.16. The molecule has 1 N–H and O–H groups in total. The fraction of sp³-hybridized carbons (Fsp3) is 0.308. The monoisotopic (exact) mass is 281 g/mol. The number of aryl methyl sites for hydroxylation is 1. The van der Waals surface area contributed by atoms with E-state index in [0.29, 0.717) is 10.8 Å². The molecule has 0 saturated carbocycles. The number of ether oxygens (including phenoxy) is 1. The van der Waals surface area contributed by atoms with Gasteiger partial charge in [0.25, 0.3) is 4.84 Å². The van der Waals surface area contributed by atoms with Gasteiger partial charge in [-0.1, -0.05) is 25.1 Å². The predicted octanol–water partition coefficient (Wildman–Crippen LogP) is 4.17. The number of para-hydroxylation sites is 1. The molecule has 1 aromatic heterocycles. The molecule has 0 radical (unpaired) electrons. The quantitative estimate of drug-likeness (QED) is 0.490. The van der Waals surface area contributed by atoms with Crippen LogP contribution in [0.25, 0.3) is 0 Å². The first kappa shape index (κ1) is 13.2. The maximum atomic E-state index is 5.74. The van der Waals surface area contributed by atoms with Gasteiger partial charge in [-0.3, -0.25) is 0 Å². The van der Waals surface area contributed by atoms with Crippen LogP contribution in [0.3, 0.4) is 0 Å². The van der Waals surface area contributed by atoms with E-state index in [1.165, 1.54) is 5.56 Å². The summed E-state index contributed by atoms with van der Waals surface area (Å²) >= 11 is 6.51. The van der Waals surface area contributed by atoms with Gasteiger partial charge in [0, 0.05) is 6.20 Å². The summed E-state index contributed by atoms with van der Waals surface area (Å²) < 4.78 is 11.0. The molecule has 0 saturated heterocycles. The van der Waals surface area contributed by atoms with Crippen LogP contribution in [0.5, 0.6) is 5.75 Å². The van der Waals surface area contributed by atoms with Crippen LogP contribution >= 0.6 is 24.0 Å². The van der Waals surface area contributed by atoms with Gasteiger partial charge in [0.15, 0.2) is 0 Å². The van der Waals surface area contributed by atoms with E-state index >= 15 is 0 Å². The fourth-order valence-electron chi connectivity index (χ4n) is 1.57. The Bertz CT molecular complexity index is 548. The highest BCUT2D eigenvalue weighted by Gasteiger charge is 2.01. The van der Waals surface area contributed by atoms with E-state index in [9.17, 15) is 0 Å². The van der Waals surface area contributed by atoms with Crippen LogP contribution < -0.4 is 4.74 Å². The van der Waals surface area contributed by atoms with Crippen LogP contribution in [0.2, 0.25) is 0 Å². The van der Waals surface area contributed by atoms with Gasteiger partial charge in [-0.05, 0) is 30.3 Å². The van der Waals surface area contributed by atoms with E-state index in [1.54, 1.807) is 18.0 Å². The SMILES string of the molecule is CCc1ccccc1OCSCc1c[nH]c(=S)o1. The summed E-state index contributed by atoms with van der Waals surface area (Å²) in [6.45, 7) is 2.12. The maximum Gasteiger partial charge on any atom is 0.266 e. The molecule has 0 spiro atoms. The number of hydrogen-bond acceptors (Lipinski definition) is 4. The van der Waals surface area contributed by atoms with Gasteiger partial charge < -0.3 is 14.1 Å². The van der Waals surface area contributed by atoms with Crippen LogP contribution in [0, 0.1) is 4.84 Å².